The maximum Gasteiger partial charge on any atom is 0.333 e. The van der Waals surface area contributed by atoms with Crippen molar-refractivity contribution in [3.05, 3.63) is 12.2 Å². The molecule has 0 N–H and O–H groups in total. The Balaban J connectivity index is 4.22. The molecule has 0 bridgehead atoms. The first kappa shape index (κ1) is 26.4. The fraction of sp³-hybridized carbons (Fsp3) is 0.870. The first-order valence-corrected chi connectivity index (χ1v) is 13.6. The SMILES string of the molecule is C=C(C)C(=O)OCCCP(=O)(CCCCCCCC)CCCCCCCC. The van der Waals surface area contributed by atoms with E-state index in [0.717, 1.165) is 31.3 Å². The van der Waals surface area contributed by atoms with Crippen LogP contribution in [0.15, 0.2) is 12.2 Å². The summed E-state index contributed by atoms with van der Waals surface area (Å²) in [4.78, 5) is 11.5. The van der Waals surface area contributed by atoms with Crippen molar-refractivity contribution in [3.8, 4) is 0 Å². The van der Waals surface area contributed by atoms with Gasteiger partial charge in [-0.05, 0) is 26.2 Å². The molecule has 0 aliphatic heterocycles. The molecule has 0 saturated carbocycles. The summed E-state index contributed by atoms with van der Waals surface area (Å²) in [7, 11) is -2.13. The van der Waals surface area contributed by atoms with E-state index >= 15 is 0 Å². The van der Waals surface area contributed by atoms with Crippen molar-refractivity contribution in [1.29, 1.82) is 0 Å². The summed E-state index contributed by atoms with van der Waals surface area (Å²) in [6, 6.07) is 0. The molecular weight excluding hydrogens is 355 g/mol. The lowest BCUT2D eigenvalue weighted by Crippen LogP contribution is -2.09. The zero-order valence-corrected chi connectivity index (χ0v) is 19.3. The Morgan fingerprint density at radius 2 is 1.15 bits per heavy atom. The second kappa shape index (κ2) is 17.5. The molecule has 0 aliphatic carbocycles. The summed E-state index contributed by atoms with van der Waals surface area (Å²) in [6.07, 6.45) is 18.0. The van der Waals surface area contributed by atoms with Crippen LogP contribution in [0.5, 0.6) is 0 Å². The van der Waals surface area contributed by atoms with Crippen molar-refractivity contribution in [2.24, 2.45) is 0 Å². The van der Waals surface area contributed by atoms with Gasteiger partial charge in [-0.25, -0.2) is 4.79 Å². The summed E-state index contributed by atoms with van der Waals surface area (Å²) < 4.78 is 18.6. The fourth-order valence-corrected chi connectivity index (χ4v) is 6.31. The van der Waals surface area contributed by atoms with Crippen molar-refractivity contribution in [2.75, 3.05) is 25.1 Å². The van der Waals surface area contributed by atoms with Crippen molar-refractivity contribution < 1.29 is 14.1 Å². The lowest BCUT2D eigenvalue weighted by atomic mass is 10.1. The Labute approximate surface area is 169 Å². The molecule has 0 aromatic rings. The van der Waals surface area contributed by atoms with E-state index in [1.165, 1.54) is 64.2 Å². The zero-order valence-electron chi connectivity index (χ0n) is 18.4. The summed E-state index contributed by atoms with van der Waals surface area (Å²) in [6.45, 7) is 10.1. The van der Waals surface area contributed by atoms with Gasteiger partial charge in [0, 0.05) is 24.1 Å². The highest BCUT2D eigenvalue weighted by Crippen LogP contribution is 2.48. The second-order valence-electron chi connectivity index (χ2n) is 8.03. The van der Waals surface area contributed by atoms with Crippen LogP contribution in [0.1, 0.15) is 104 Å². The quantitative estimate of drug-likeness (QED) is 0.0971. The molecule has 0 rings (SSSR count). The highest BCUT2D eigenvalue weighted by molar-refractivity contribution is 7.63. The Bertz CT molecular complexity index is 411. The van der Waals surface area contributed by atoms with Crippen LogP contribution in [0.4, 0.5) is 0 Å². The monoisotopic (exact) mass is 400 g/mol. The summed E-state index contributed by atoms with van der Waals surface area (Å²) in [5, 5.41) is 0. The smallest absolute Gasteiger partial charge is 0.333 e. The molecule has 0 saturated heterocycles. The van der Waals surface area contributed by atoms with Crippen molar-refractivity contribution >= 4 is 13.1 Å². The molecule has 3 nitrogen and oxygen atoms in total. The first-order chi connectivity index (χ1) is 12.9. The Morgan fingerprint density at radius 3 is 1.59 bits per heavy atom. The number of carbonyl (C=O) groups excluding carboxylic acids is 1. The lowest BCUT2D eigenvalue weighted by Gasteiger charge is -2.18. The average Bonchev–Trinajstić information content (AvgIpc) is 2.64. The molecule has 0 fully saturated rings. The van der Waals surface area contributed by atoms with Gasteiger partial charge in [-0.1, -0.05) is 84.6 Å². The maximum absolute atomic E-state index is 13.4. The number of hydrogen-bond donors (Lipinski definition) is 0. The van der Waals surface area contributed by atoms with Gasteiger partial charge in [0.15, 0.2) is 0 Å². The van der Waals surface area contributed by atoms with Crippen molar-refractivity contribution in [2.45, 2.75) is 104 Å². The third-order valence-corrected chi connectivity index (χ3v) is 8.52. The lowest BCUT2D eigenvalue weighted by molar-refractivity contribution is -0.138. The van der Waals surface area contributed by atoms with Gasteiger partial charge in [-0.3, -0.25) is 0 Å². The number of esters is 1. The van der Waals surface area contributed by atoms with Crippen LogP contribution >= 0.6 is 7.14 Å². The molecule has 4 heteroatoms. The van der Waals surface area contributed by atoms with Crippen LogP contribution in [-0.4, -0.2) is 31.1 Å². The van der Waals surface area contributed by atoms with E-state index in [1.807, 2.05) is 0 Å². The third-order valence-electron chi connectivity index (χ3n) is 5.13. The number of hydrogen-bond acceptors (Lipinski definition) is 3. The van der Waals surface area contributed by atoms with Gasteiger partial charge in [-0.2, -0.15) is 0 Å². The van der Waals surface area contributed by atoms with E-state index in [4.69, 9.17) is 4.74 Å². The molecule has 0 aromatic heterocycles. The van der Waals surface area contributed by atoms with Crippen LogP contribution in [0, 0.1) is 0 Å². The van der Waals surface area contributed by atoms with Crippen molar-refractivity contribution in [3.63, 3.8) is 0 Å². The van der Waals surface area contributed by atoms with Gasteiger partial charge >= 0.3 is 5.97 Å². The highest BCUT2D eigenvalue weighted by atomic mass is 31.2. The number of carbonyl (C=O) groups is 1. The van der Waals surface area contributed by atoms with Crippen LogP contribution in [0.25, 0.3) is 0 Å². The fourth-order valence-electron chi connectivity index (χ4n) is 3.34. The molecule has 0 amide bonds. The minimum Gasteiger partial charge on any atom is -0.462 e. The largest absolute Gasteiger partial charge is 0.462 e. The van der Waals surface area contributed by atoms with Crippen LogP contribution in [0.2, 0.25) is 0 Å². The van der Waals surface area contributed by atoms with Gasteiger partial charge in [0.25, 0.3) is 0 Å². The predicted octanol–water partition coefficient (Wildman–Crippen LogP) is 7.58. The number of unbranched alkanes of at least 4 members (excludes halogenated alkanes) is 10. The number of ether oxygens (including phenoxy) is 1. The molecule has 27 heavy (non-hydrogen) atoms. The molecule has 0 heterocycles. The van der Waals surface area contributed by atoms with E-state index in [0.29, 0.717) is 18.6 Å². The minimum absolute atomic E-state index is 0.336. The third kappa shape index (κ3) is 16.1. The Hall–Kier alpha value is -0.560. The molecule has 0 unspecified atom stereocenters. The van der Waals surface area contributed by atoms with Gasteiger partial charge in [0.05, 0.1) is 13.7 Å². The molecule has 160 valence electrons. The summed E-state index contributed by atoms with van der Waals surface area (Å²) in [5.74, 6) is -0.336. The van der Waals surface area contributed by atoms with Crippen LogP contribution in [0.3, 0.4) is 0 Å². The van der Waals surface area contributed by atoms with Gasteiger partial charge < -0.3 is 9.30 Å². The van der Waals surface area contributed by atoms with Crippen LogP contribution in [-0.2, 0) is 14.1 Å². The van der Waals surface area contributed by atoms with Gasteiger partial charge in [0.2, 0.25) is 0 Å². The summed E-state index contributed by atoms with van der Waals surface area (Å²) >= 11 is 0. The Kier molecular flexibility index (Phi) is 17.2. The average molecular weight is 401 g/mol. The van der Waals surface area contributed by atoms with E-state index < -0.39 is 7.14 Å². The number of rotatable bonds is 19. The van der Waals surface area contributed by atoms with E-state index in [-0.39, 0.29) is 5.97 Å². The van der Waals surface area contributed by atoms with Crippen molar-refractivity contribution in [1.82, 2.24) is 0 Å². The maximum atomic E-state index is 13.4. The van der Waals surface area contributed by atoms with E-state index in [1.54, 1.807) is 6.92 Å². The molecular formula is C23H45O3P. The second-order valence-corrected chi connectivity index (χ2v) is 11.5. The molecule has 0 atom stereocenters. The Morgan fingerprint density at radius 1 is 0.741 bits per heavy atom. The van der Waals surface area contributed by atoms with E-state index in [2.05, 4.69) is 20.4 Å². The normalized spacial score (nSPS) is 11.5. The molecule has 0 spiro atoms. The zero-order chi connectivity index (χ0) is 20.4. The standard InChI is InChI=1S/C23H45O3P/c1-5-7-9-11-13-15-19-27(25,20-16-14-12-10-8-6-2)21-17-18-26-23(24)22(3)4/h3,5-21H2,1-2,4H3. The van der Waals surface area contributed by atoms with E-state index in [9.17, 15) is 9.36 Å². The molecule has 0 aliphatic rings. The minimum atomic E-state index is -2.13. The van der Waals surface area contributed by atoms with Gasteiger partial charge in [-0.15, -0.1) is 0 Å². The summed E-state index contributed by atoms with van der Waals surface area (Å²) in [5.41, 5.74) is 0.428. The highest BCUT2D eigenvalue weighted by Gasteiger charge is 2.21. The first-order valence-electron chi connectivity index (χ1n) is 11.3. The molecule has 0 aromatic carbocycles. The van der Waals surface area contributed by atoms with Crippen LogP contribution < -0.4 is 0 Å². The van der Waals surface area contributed by atoms with Gasteiger partial charge in [0.1, 0.15) is 0 Å². The molecule has 0 radical (unpaired) electrons. The topological polar surface area (TPSA) is 43.4 Å². The predicted molar refractivity (Wildman–Crippen MR) is 119 cm³/mol.